The molecule has 0 unspecified atom stereocenters. The summed E-state index contributed by atoms with van der Waals surface area (Å²) in [5.74, 6) is -0.383. The fourth-order valence-corrected chi connectivity index (χ4v) is 2.88. The molecule has 112 valence electrons. The largest absolute Gasteiger partial charge is 0.492 e. The molecule has 2 heterocycles. The first-order chi connectivity index (χ1) is 10.1. The van der Waals surface area contributed by atoms with E-state index in [4.69, 9.17) is 4.74 Å². The van der Waals surface area contributed by atoms with E-state index in [1.54, 1.807) is 22.9 Å². The van der Waals surface area contributed by atoms with Crippen molar-refractivity contribution < 1.29 is 19.4 Å². The number of hydrogen-bond donors (Lipinski definition) is 1. The highest BCUT2D eigenvalue weighted by Gasteiger charge is 2.33. The number of hydrogen-bond acceptors (Lipinski definition) is 4. The van der Waals surface area contributed by atoms with Gasteiger partial charge >= 0.3 is 5.97 Å². The molecule has 2 aliphatic heterocycles. The zero-order chi connectivity index (χ0) is 15.0. The minimum Gasteiger partial charge on any atom is -0.492 e. The van der Waals surface area contributed by atoms with Gasteiger partial charge in [0.05, 0.1) is 12.2 Å². The summed E-state index contributed by atoms with van der Waals surface area (Å²) in [6, 6.07) is 4.91. The minimum atomic E-state index is -0.899. The first-order valence-corrected chi connectivity index (χ1v) is 7.05. The van der Waals surface area contributed by atoms with Gasteiger partial charge in [-0.2, -0.15) is 0 Å². The van der Waals surface area contributed by atoms with Crippen LogP contribution in [0.5, 0.6) is 5.75 Å². The first kappa shape index (κ1) is 13.9. The van der Waals surface area contributed by atoms with Crippen molar-refractivity contribution in [2.24, 2.45) is 0 Å². The van der Waals surface area contributed by atoms with Crippen LogP contribution in [0.4, 0.5) is 0 Å². The lowest BCUT2D eigenvalue weighted by Gasteiger charge is -2.37. The predicted octanol–water partition coefficient (Wildman–Crippen LogP) is 0.462. The van der Waals surface area contributed by atoms with Crippen LogP contribution >= 0.6 is 0 Å². The monoisotopic (exact) mass is 290 g/mol. The van der Waals surface area contributed by atoms with E-state index in [9.17, 15) is 14.7 Å². The highest BCUT2D eigenvalue weighted by molar-refractivity contribution is 5.98. The molecule has 1 atom stereocenters. The number of benzene rings is 1. The van der Waals surface area contributed by atoms with Gasteiger partial charge in [0.1, 0.15) is 11.8 Å². The number of aliphatic carboxylic acids is 1. The van der Waals surface area contributed by atoms with Crippen LogP contribution in [0.25, 0.3) is 0 Å². The number of nitrogens with zero attached hydrogens (tertiary/aromatic N) is 2. The van der Waals surface area contributed by atoms with E-state index in [1.807, 2.05) is 12.1 Å². The normalized spacial score (nSPS) is 21.8. The van der Waals surface area contributed by atoms with Crippen molar-refractivity contribution in [1.82, 2.24) is 9.80 Å². The lowest BCUT2D eigenvalue weighted by molar-refractivity contribution is -0.144. The smallest absolute Gasteiger partial charge is 0.322 e. The van der Waals surface area contributed by atoms with Crippen molar-refractivity contribution in [2.75, 3.05) is 33.3 Å². The molecule has 3 rings (SSSR count). The Balaban J connectivity index is 1.83. The molecule has 6 nitrogen and oxygen atoms in total. The van der Waals surface area contributed by atoms with Gasteiger partial charge in [-0.25, -0.2) is 0 Å². The maximum absolute atomic E-state index is 12.7. The molecule has 0 saturated carbocycles. The molecule has 1 fully saturated rings. The second-order valence-corrected chi connectivity index (χ2v) is 5.48. The van der Waals surface area contributed by atoms with Gasteiger partial charge in [0.2, 0.25) is 0 Å². The van der Waals surface area contributed by atoms with Gasteiger partial charge in [-0.3, -0.25) is 14.5 Å². The van der Waals surface area contributed by atoms with Crippen LogP contribution in [0, 0.1) is 0 Å². The van der Waals surface area contributed by atoms with E-state index in [0.29, 0.717) is 31.0 Å². The van der Waals surface area contributed by atoms with Gasteiger partial charge in [-0.15, -0.1) is 0 Å². The molecule has 0 aromatic heterocycles. The van der Waals surface area contributed by atoms with E-state index in [2.05, 4.69) is 0 Å². The summed E-state index contributed by atoms with van der Waals surface area (Å²) in [4.78, 5) is 27.3. The zero-order valence-corrected chi connectivity index (χ0v) is 11.9. The molecule has 1 saturated heterocycles. The number of fused-ring (bicyclic) bond motifs is 1. The Bertz CT molecular complexity index is 587. The van der Waals surface area contributed by atoms with Crippen LogP contribution in [-0.2, 0) is 11.2 Å². The van der Waals surface area contributed by atoms with E-state index >= 15 is 0 Å². The number of para-hydroxylation sites is 1. The lowest BCUT2D eigenvalue weighted by atomic mass is 10.1. The van der Waals surface area contributed by atoms with E-state index in [1.165, 1.54) is 0 Å². The van der Waals surface area contributed by atoms with Crippen molar-refractivity contribution in [1.29, 1.82) is 0 Å². The van der Waals surface area contributed by atoms with Crippen LogP contribution in [0.15, 0.2) is 18.2 Å². The molecule has 1 amide bonds. The Hall–Kier alpha value is -2.08. The number of ether oxygens (including phenoxy) is 1. The number of carboxylic acid groups (broad SMARTS) is 1. The summed E-state index contributed by atoms with van der Waals surface area (Å²) in [6.07, 6.45) is 0.816. The summed E-state index contributed by atoms with van der Waals surface area (Å²) >= 11 is 0. The van der Waals surface area contributed by atoms with Crippen molar-refractivity contribution in [3.05, 3.63) is 29.3 Å². The number of rotatable bonds is 2. The molecule has 1 N–H and O–H groups in total. The molecule has 2 aliphatic rings. The van der Waals surface area contributed by atoms with E-state index in [0.717, 1.165) is 12.0 Å². The fraction of sp³-hybridized carbons (Fsp3) is 0.467. The van der Waals surface area contributed by atoms with Gasteiger partial charge < -0.3 is 14.7 Å². The van der Waals surface area contributed by atoms with Gasteiger partial charge in [0.25, 0.3) is 5.91 Å². The SMILES string of the molecule is CN1CCN(C(=O)c2cccc3c2OCC3)C[C@@H]1C(=O)O. The molecule has 0 spiro atoms. The van der Waals surface area contributed by atoms with Gasteiger partial charge in [-0.05, 0) is 18.7 Å². The highest BCUT2D eigenvalue weighted by Crippen LogP contribution is 2.30. The highest BCUT2D eigenvalue weighted by atomic mass is 16.5. The number of carbonyl (C=O) groups is 2. The maximum Gasteiger partial charge on any atom is 0.322 e. The van der Waals surface area contributed by atoms with Crippen LogP contribution in [0.3, 0.4) is 0 Å². The molecule has 1 aromatic carbocycles. The Morgan fingerprint density at radius 3 is 2.90 bits per heavy atom. The van der Waals surface area contributed by atoms with Gasteiger partial charge in [0.15, 0.2) is 0 Å². The van der Waals surface area contributed by atoms with E-state index < -0.39 is 12.0 Å². The summed E-state index contributed by atoms with van der Waals surface area (Å²) in [7, 11) is 1.77. The predicted molar refractivity (Wildman–Crippen MR) is 75.6 cm³/mol. The summed E-state index contributed by atoms with van der Waals surface area (Å²) in [5, 5.41) is 9.23. The van der Waals surface area contributed by atoms with Gasteiger partial charge in [-0.1, -0.05) is 12.1 Å². The minimum absolute atomic E-state index is 0.145. The second kappa shape index (κ2) is 5.37. The Morgan fingerprint density at radius 2 is 2.14 bits per heavy atom. The number of carboxylic acids is 1. The third-order valence-corrected chi connectivity index (χ3v) is 4.17. The molecule has 0 bridgehead atoms. The van der Waals surface area contributed by atoms with Crippen molar-refractivity contribution in [3.8, 4) is 5.75 Å². The van der Waals surface area contributed by atoms with Gasteiger partial charge in [0, 0.05) is 26.1 Å². The topological polar surface area (TPSA) is 70.1 Å². The average molecular weight is 290 g/mol. The number of likely N-dealkylation sites (N-methyl/N-ethyl adjacent to an activating group) is 1. The van der Waals surface area contributed by atoms with E-state index in [-0.39, 0.29) is 12.5 Å². The Morgan fingerprint density at radius 1 is 1.33 bits per heavy atom. The van der Waals surface area contributed by atoms with Crippen LogP contribution in [0.2, 0.25) is 0 Å². The molecular formula is C15H18N2O4. The first-order valence-electron chi connectivity index (χ1n) is 7.05. The maximum atomic E-state index is 12.7. The zero-order valence-electron chi connectivity index (χ0n) is 11.9. The fourth-order valence-electron chi connectivity index (χ4n) is 2.88. The second-order valence-electron chi connectivity index (χ2n) is 5.48. The number of piperazine rings is 1. The standard InChI is InChI=1S/C15H18N2O4/c1-16-6-7-17(9-12(16)15(19)20)14(18)11-4-2-3-10-5-8-21-13(10)11/h2-4,12H,5-9H2,1H3,(H,19,20)/t12-/m1/s1. The molecule has 0 radical (unpaired) electrons. The Kier molecular flexibility index (Phi) is 3.55. The quantitative estimate of drug-likeness (QED) is 0.857. The number of carbonyl (C=O) groups excluding carboxylic acids is 1. The molecule has 1 aromatic rings. The van der Waals surface area contributed by atoms with Crippen molar-refractivity contribution in [3.63, 3.8) is 0 Å². The molecular weight excluding hydrogens is 272 g/mol. The summed E-state index contributed by atoms with van der Waals surface area (Å²) in [6.45, 7) is 1.88. The number of amides is 1. The summed E-state index contributed by atoms with van der Waals surface area (Å²) < 4.78 is 5.56. The Labute approximate surface area is 122 Å². The molecule has 21 heavy (non-hydrogen) atoms. The third kappa shape index (κ3) is 2.47. The average Bonchev–Trinajstić information content (AvgIpc) is 2.95. The van der Waals surface area contributed by atoms with Crippen molar-refractivity contribution in [2.45, 2.75) is 12.5 Å². The molecule has 6 heteroatoms. The van der Waals surface area contributed by atoms with Crippen molar-refractivity contribution >= 4 is 11.9 Å². The van der Waals surface area contributed by atoms with Crippen LogP contribution < -0.4 is 4.74 Å². The third-order valence-electron chi connectivity index (χ3n) is 4.17. The lowest BCUT2D eigenvalue weighted by Crippen LogP contribution is -2.56. The summed E-state index contributed by atoms with van der Waals surface area (Å²) in [5.41, 5.74) is 1.59. The van der Waals surface area contributed by atoms with Crippen LogP contribution in [-0.4, -0.2) is 66.1 Å². The van der Waals surface area contributed by atoms with Crippen LogP contribution in [0.1, 0.15) is 15.9 Å². The molecule has 0 aliphatic carbocycles.